The van der Waals surface area contributed by atoms with Gasteiger partial charge in [-0.1, -0.05) is 18.2 Å². The van der Waals surface area contributed by atoms with Gasteiger partial charge in [-0.05, 0) is 52.2 Å². The van der Waals surface area contributed by atoms with E-state index in [1.165, 1.54) is 16.5 Å². The molecule has 7 heteroatoms. The molecule has 0 atom stereocenters. The third-order valence-electron chi connectivity index (χ3n) is 4.13. The summed E-state index contributed by atoms with van der Waals surface area (Å²) in [6.07, 6.45) is 4.02. The number of hydrogen-bond acceptors (Lipinski definition) is 2. The molecule has 0 saturated carbocycles. The first-order valence-corrected chi connectivity index (χ1v) is 9.65. The molecule has 2 aromatic rings. The SMILES string of the molecule is CCNC(=NCCCc1c[nH]c2ccccc12)N(C)CC(=O)NC(C)(C)C.I. The van der Waals surface area contributed by atoms with E-state index in [0.29, 0.717) is 6.54 Å². The lowest BCUT2D eigenvalue weighted by Crippen LogP contribution is -2.48. The highest BCUT2D eigenvalue weighted by atomic mass is 127. The highest BCUT2D eigenvalue weighted by Crippen LogP contribution is 2.18. The molecule has 0 spiro atoms. The Kier molecular flexibility index (Phi) is 9.78. The highest BCUT2D eigenvalue weighted by Gasteiger charge is 2.16. The zero-order valence-corrected chi connectivity index (χ0v) is 20.0. The first kappa shape index (κ1) is 24.3. The van der Waals surface area contributed by atoms with E-state index in [9.17, 15) is 4.79 Å². The Hall–Kier alpha value is -1.77. The summed E-state index contributed by atoms with van der Waals surface area (Å²) in [5, 5.41) is 7.53. The number of benzene rings is 1. The Morgan fingerprint density at radius 1 is 1.25 bits per heavy atom. The summed E-state index contributed by atoms with van der Waals surface area (Å²) in [6, 6.07) is 8.36. The number of rotatable bonds is 7. The van der Waals surface area contributed by atoms with Gasteiger partial charge in [0.1, 0.15) is 0 Å². The molecule has 3 N–H and O–H groups in total. The number of para-hydroxylation sites is 1. The Morgan fingerprint density at radius 3 is 2.64 bits per heavy atom. The molecular formula is C21H34IN5O. The average molecular weight is 499 g/mol. The summed E-state index contributed by atoms with van der Waals surface area (Å²) in [4.78, 5) is 22.0. The largest absolute Gasteiger partial charge is 0.361 e. The molecule has 0 aliphatic rings. The van der Waals surface area contributed by atoms with Crippen LogP contribution in [0.5, 0.6) is 0 Å². The zero-order chi connectivity index (χ0) is 19.9. The first-order valence-electron chi connectivity index (χ1n) is 9.65. The number of fused-ring (bicyclic) bond motifs is 1. The van der Waals surface area contributed by atoms with E-state index in [2.05, 4.69) is 45.0 Å². The summed E-state index contributed by atoms with van der Waals surface area (Å²) in [5.41, 5.74) is 2.27. The smallest absolute Gasteiger partial charge is 0.240 e. The van der Waals surface area contributed by atoms with Crippen LogP contribution in [0.1, 0.15) is 39.7 Å². The van der Waals surface area contributed by atoms with Crippen molar-refractivity contribution in [3.05, 3.63) is 36.0 Å². The fourth-order valence-electron chi connectivity index (χ4n) is 3.01. The average Bonchev–Trinajstić information content (AvgIpc) is 2.99. The number of aromatic amines is 1. The second kappa shape index (κ2) is 11.3. The van der Waals surface area contributed by atoms with Crippen LogP contribution in [-0.2, 0) is 11.2 Å². The summed E-state index contributed by atoms with van der Waals surface area (Å²) >= 11 is 0. The fraction of sp³-hybridized carbons (Fsp3) is 0.524. The number of nitrogens with zero attached hydrogens (tertiary/aromatic N) is 2. The van der Waals surface area contributed by atoms with E-state index in [1.807, 2.05) is 45.7 Å². The number of guanidine groups is 1. The van der Waals surface area contributed by atoms with Crippen molar-refractivity contribution >= 4 is 46.7 Å². The topological polar surface area (TPSA) is 72.5 Å². The molecule has 1 heterocycles. The third-order valence-corrected chi connectivity index (χ3v) is 4.13. The lowest BCUT2D eigenvalue weighted by atomic mass is 10.1. The van der Waals surface area contributed by atoms with Gasteiger partial charge in [0, 0.05) is 42.8 Å². The van der Waals surface area contributed by atoms with Crippen LogP contribution < -0.4 is 10.6 Å². The Labute approximate surface area is 185 Å². The van der Waals surface area contributed by atoms with Crippen LogP contribution in [0.15, 0.2) is 35.5 Å². The van der Waals surface area contributed by atoms with Gasteiger partial charge in [0.05, 0.1) is 6.54 Å². The molecular weight excluding hydrogens is 465 g/mol. The summed E-state index contributed by atoms with van der Waals surface area (Å²) < 4.78 is 0. The number of nitrogens with one attached hydrogen (secondary N) is 3. The van der Waals surface area contributed by atoms with Gasteiger partial charge in [-0.25, -0.2) is 0 Å². The maximum atomic E-state index is 12.1. The number of aliphatic imine (C=N–C) groups is 1. The minimum absolute atomic E-state index is 0. The Balaban J connectivity index is 0.00000392. The number of halogens is 1. The molecule has 0 saturated heterocycles. The van der Waals surface area contributed by atoms with Gasteiger partial charge in [-0.3, -0.25) is 9.79 Å². The van der Waals surface area contributed by atoms with Gasteiger partial charge in [-0.15, -0.1) is 24.0 Å². The second-order valence-corrected chi connectivity index (χ2v) is 7.85. The van der Waals surface area contributed by atoms with Crippen LogP contribution in [0.3, 0.4) is 0 Å². The number of aryl methyl sites for hydroxylation is 1. The van der Waals surface area contributed by atoms with Crippen molar-refractivity contribution in [2.24, 2.45) is 4.99 Å². The molecule has 0 fully saturated rings. The number of likely N-dealkylation sites (N-methyl/N-ethyl adjacent to an activating group) is 1. The maximum absolute atomic E-state index is 12.1. The predicted molar refractivity (Wildman–Crippen MR) is 129 cm³/mol. The molecule has 1 aromatic heterocycles. The first-order chi connectivity index (χ1) is 12.8. The van der Waals surface area contributed by atoms with Crippen LogP contribution in [0.4, 0.5) is 0 Å². The second-order valence-electron chi connectivity index (χ2n) is 7.85. The molecule has 2 rings (SSSR count). The molecule has 0 radical (unpaired) electrons. The zero-order valence-electron chi connectivity index (χ0n) is 17.6. The van der Waals surface area contributed by atoms with Crippen LogP contribution in [0.2, 0.25) is 0 Å². The highest BCUT2D eigenvalue weighted by molar-refractivity contribution is 14.0. The molecule has 0 aliphatic carbocycles. The fourth-order valence-corrected chi connectivity index (χ4v) is 3.01. The normalized spacial score (nSPS) is 11.8. The lowest BCUT2D eigenvalue weighted by molar-refractivity contribution is -0.122. The molecule has 0 aliphatic heterocycles. The van der Waals surface area contributed by atoms with E-state index >= 15 is 0 Å². The number of H-pyrrole nitrogens is 1. The number of carbonyl (C=O) groups is 1. The number of amides is 1. The van der Waals surface area contributed by atoms with Crippen molar-refractivity contribution in [1.82, 2.24) is 20.5 Å². The summed E-state index contributed by atoms with van der Waals surface area (Å²) in [5.74, 6) is 0.759. The molecule has 0 bridgehead atoms. The van der Waals surface area contributed by atoms with Crippen LogP contribution >= 0.6 is 24.0 Å². The van der Waals surface area contributed by atoms with E-state index in [4.69, 9.17) is 0 Å². The van der Waals surface area contributed by atoms with Crippen molar-refractivity contribution < 1.29 is 4.79 Å². The molecule has 1 aromatic carbocycles. The number of carbonyl (C=O) groups excluding carboxylic acids is 1. The van der Waals surface area contributed by atoms with Gasteiger partial charge >= 0.3 is 0 Å². The van der Waals surface area contributed by atoms with Crippen molar-refractivity contribution in [1.29, 1.82) is 0 Å². The van der Waals surface area contributed by atoms with Crippen molar-refractivity contribution in [2.75, 3.05) is 26.7 Å². The van der Waals surface area contributed by atoms with E-state index in [0.717, 1.165) is 25.3 Å². The Bertz CT molecular complexity index is 778. The van der Waals surface area contributed by atoms with Crippen molar-refractivity contribution in [2.45, 2.75) is 46.1 Å². The quantitative estimate of drug-likeness (QED) is 0.236. The molecule has 156 valence electrons. The van der Waals surface area contributed by atoms with Gasteiger partial charge in [0.2, 0.25) is 5.91 Å². The van der Waals surface area contributed by atoms with Gasteiger partial charge in [0.25, 0.3) is 0 Å². The lowest BCUT2D eigenvalue weighted by Gasteiger charge is -2.25. The minimum atomic E-state index is -0.229. The molecule has 28 heavy (non-hydrogen) atoms. The Morgan fingerprint density at radius 2 is 1.96 bits per heavy atom. The summed E-state index contributed by atoms with van der Waals surface area (Å²) in [6.45, 7) is 9.74. The van der Waals surface area contributed by atoms with Gasteiger partial charge in [-0.2, -0.15) is 0 Å². The van der Waals surface area contributed by atoms with Crippen molar-refractivity contribution in [3.8, 4) is 0 Å². The van der Waals surface area contributed by atoms with Crippen LogP contribution in [-0.4, -0.2) is 54.0 Å². The van der Waals surface area contributed by atoms with E-state index < -0.39 is 0 Å². The molecule has 1 amide bonds. The van der Waals surface area contributed by atoms with Gasteiger partial charge in [0.15, 0.2) is 5.96 Å². The minimum Gasteiger partial charge on any atom is -0.361 e. The maximum Gasteiger partial charge on any atom is 0.240 e. The molecule has 0 unspecified atom stereocenters. The molecule has 6 nitrogen and oxygen atoms in total. The summed E-state index contributed by atoms with van der Waals surface area (Å²) in [7, 11) is 1.89. The van der Waals surface area contributed by atoms with E-state index in [-0.39, 0.29) is 42.0 Å². The van der Waals surface area contributed by atoms with Gasteiger partial charge < -0.3 is 20.5 Å². The number of hydrogen-bond donors (Lipinski definition) is 3. The van der Waals surface area contributed by atoms with Crippen LogP contribution in [0.25, 0.3) is 10.9 Å². The van der Waals surface area contributed by atoms with E-state index in [1.54, 1.807) is 0 Å². The van der Waals surface area contributed by atoms with Crippen molar-refractivity contribution in [3.63, 3.8) is 0 Å². The predicted octanol–water partition coefficient (Wildman–Crippen LogP) is 3.53. The monoisotopic (exact) mass is 499 g/mol. The third kappa shape index (κ3) is 7.69. The van der Waals surface area contributed by atoms with Crippen LogP contribution in [0, 0.1) is 0 Å². The number of aromatic nitrogens is 1. The standard InChI is InChI=1S/C21H33N5O.HI/c1-6-22-20(26(5)15-19(27)25-21(2,3)4)23-13-9-10-16-14-24-18-12-8-7-11-17(16)18;/h7-8,11-12,14,24H,6,9-10,13,15H2,1-5H3,(H,22,23)(H,25,27);1H.